The highest BCUT2D eigenvalue weighted by molar-refractivity contribution is 5.89. The van der Waals surface area contributed by atoms with Crippen LogP contribution in [0.1, 0.15) is 57.2 Å². The number of halogens is 1. The van der Waals surface area contributed by atoms with Gasteiger partial charge < -0.3 is 14.8 Å². The lowest BCUT2D eigenvalue weighted by atomic mass is 9.82. The van der Waals surface area contributed by atoms with Gasteiger partial charge >= 0.3 is 5.97 Å². The van der Waals surface area contributed by atoms with Crippen molar-refractivity contribution in [1.29, 1.82) is 0 Å². The summed E-state index contributed by atoms with van der Waals surface area (Å²) in [5.41, 5.74) is 1.29. The first-order valence-electron chi connectivity index (χ1n) is 8.23. The van der Waals surface area contributed by atoms with Crippen LogP contribution >= 0.6 is 12.4 Å². The molecule has 0 unspecified atom stereocenters. The highest BCUT2D eigenvalue weighted by Crippen LogP contribution is 2.28. The summed E-state index contributed by atoms with van der Waals surface area (Å²) in [4.78, 5) is 11.1. The molecule has 0 amide bonds. The molecule has 0 fully saturated rings. The number of hydrogen-bond donors (Lipinski definition) is 2. The number of carboxylic acids is 1. The standard InChI is InChI=1S/C20H27NO3.ClH/c1-19(2,3)13-20(4,5)21-12-16-9-10-17(24-16)14-7-6-8-15(11-14)18(22)23;/h6-11,21H,12-13H2,1-5H3,(H,22,23);1H. The second kappa shape index (κ2) is 8.07. The van der Waals surface area contributed by atoms with Gasteiger partial charge in [0.15, 0.2) is 0 Å². The Labute approximate surface area is 156 Å². The van der Waals surface area contributed by atoms with E-state index in [2.05, 4.69) is 39.9 Å². The van der Waals surface area contributed by atoms with E-state index in [1.807, 2.05) is 18.2 Å². The number of nitrogens with one attached hydrogen (secondary N) is 1. The van der Waals surface area contributed by atoms with Crippen molar-refractivity contribution >= 4 is 18.4 Å². The monoisotopic (exact) mass is 365 g/mol. The molecule has 0 saturated heterocycles. The van der Waals surface area contributed by atoms with E-state index < -0.39 is 5.97 Å². The lowest BCUT2D eigenvalue weighted by Crippen LogP contribution is -2.41. The number of furan rings is 1. The molecule has 1 heterocycles. The zero-order chi connectivity index (χ0) is 18.0. The van der Waals surface area contributed by atoms with Crippen molar-refractivity contribution < 1.29 is 14.3 Å². The third kappa shape index (κ3) is 6.56. The van der Waals surface area contributed by atoms with E-state index in [0.29, 0.717) is 12.3 Å². The van der Waals surface area contributed by atoms with Crippen LogP contribution < -0.4 is 5.32 Å². The maximum atomic E-state index is 11.1. The molecule has 0 aliphatic rings. The van der Waals surface area contributed by atoms with Gasteiger partial charge in [0.1, 0.15) is 11.5 Å². The molecule has 0 saturated carbocycles. The van der Waals surface area contributed by atoms with Crippen LogP contribution in [0.5, 0.6) is 0 Å². The zero-order valence-corrected chi connectivity index (χ0v) is 16.4. The van der Waals surface area contributed by atoms with Crippen LogP contribution in [0.25, 0.3) is 11.3 Å². The molecule has 138 valence electrons. The molecule has 2 rings (SSSR count). The maximum Gasteiger partial charge on any atom is 0.335 e. The minimum atomic E-state index is -0.936. The average Bonchev–Trinajstić information content (AvgIpc) is 2.92. The number of carboxylic acid groups (broad SMARTS) is 1. The van der Waals surface area contributed by atoms with Crippen LogP contribution in [0, 0.1) is 5.41 Å². The SMILES string of the molecule is CC(C)(C)CC(C)(C)NCc1ccc(-c2cccc(C(=O)O)c2)o1.Cl. The highest BCUT2D eigenvalue weighted by Gasteiger charge is 2.25. The summed E-state index contributed by atoms with van der Waals surface area (Å²) < 4.78 is 5.87. The van der Waals surface area contributed by atoms with E-state index in [0.717, 1.165) is 17.7 Å². The summed E-state index contributed by atoms with van der Waals surface area (Å²) in [6, 6.07) is 10.6. The number of hydrogen-bond acceptors (Lipinski definition) is 3. The van der Waals surface area contributed by atoms with E-state index in [-0.39, 0.29) is 28.9 Å². The average molecular weight is 366 g/mol. The largest absolute Gasteiger partial charge is 0.478 e. The van der Waals surface area contributed by atoms with Crippen molar-refractivity contribution in [3.8, 4) is 11.3 Å². The predicted octanol–water partition coefficient (Wildman–Crippen LogP) is 5.37. The van der Waals surface area contributed by atoms with Gasteiger partial charge in [-0.05, 0) is 49.9 Å². The van der Waals surface area contributed by atoms with Crippen LogP contribution in [-0.2, 0) is 6.54 Å². The lowest BCUT2D eigenvalue weighted by Gasteiger charge is -2.33. The summed E-state index contributed by atoms with van der Waals surface area (Å²) in [7, 11) is 0. The number of aromatic carboxylic acids is 1. The minimum Gasteiger partial charge on any atom is -0.478 e. The van der Waals surface area contributed by atoms with Crippen molar-refractivity contribution in [1.82, 2.24) is 5.32 Å². The summed E-state index contributed by atoms with van der Waals surface area (Å²) in [6.07, 6.45) is 1.05. The Balaban J connectivity index is 0.00000312. The molecule has 2 N–H and O–H groups in total. The van der Waals surface area contributed by atoms with Gasteiger partial charge in [0.05, 0.1) is 12.1 Å². The third-order valence-electron chi connectivity index (χ3n) is 3.77. The maximum absolute atomic E-state index is 11.1. The van der Waals surface area contributed by atoms with E-state index >= 15 is 0 Å². The molecule has 2 aromatic rings. The van der Waals surface area contributed by atoms with Gasteiger partial charge in [-0.3, -0.25) is 0 Å². The molecule has 0 radical (unpaired) electrons. The third-order valence-corrected chi connectivity index (χ3v) is 3.77. The summed E-state index contributed by atoms with van der Waals surface area (Å²) in [5.74, 6) is 0.588. The van der Waals surface area contributed by atoms with Crippen molar-refractivity contribution in [3.63, 3.8) is 0 Å². The normalized spacial score (nSPS) is 11.9. The molecule has 0 atom stereocenters. The van der Waals surface area contributed by atoms with Crippen LogP contribution in [0.2, 0.25) is 0 Å². The van der Waals surface area contributed by atoms with E-state index in [9.17, 15) is 4.79 Å². The predicted molar refractivity (Wildman–Crippen MR) is 103 cm³/mol. The lowest BCUT2D eigenvalue weighted by molar-refractivity contribution is 0.0697. The van der Waals surface area contributed by atoms with Gasteiger partial charge in [0, 0.05) is 11.1 Å². The Hall–Kier alpha value is -1.78. The van der Waals surface area contributed by atoms with Crippen molar-refractivity contribution in [2.24, 2.45) is 5.41 Å². The van der Waals surface area contributed by atoms with Crippen molar-refractivity contribution in [3.05, 3.63) is 47.7 Å². The van der Waals surface area contributed by atoms with Crippen LogP contribution in [0.15, 0.2) is 40.8 Å². The summed E-state index contributed by atoms with van der Waals surface area (Å²) in [5, 5.41) is 12.6. The second-order valence-corrected chi connectivity index (χ2v) is 8.13. The first-order chi connectivity index (χ1) is 11.1. The number of carbonyl (C=O) groups is 1. The fourth-order valence-electron chi connectivity index (χ4n) is 3.15. The Morgan fingerprint density at radius 2 is 1.80 bits per heavy atom. The molecule has 0 bridgehead atoms. The van der Waals surface area contributed by atoms with Crippen molar-refractivity contribution in [2.75, 3.05) is 0 Å². The molecule has 0 spiro atoms. The van der Waals surface area contributed by atoms with Gasteiger partial charge in [-0.2, -0.15) is 0 Å². The van der Waals surface area contributed by atoms with Crippen LogP contribution in [-0.4, -0.2) is 16.6 Å². The smallest absolute Gasteiger partial charge is 0.335 e. The van der Waals surface area contributed by atoms with Gasteiger partial charge in [0.25, 0.3) is 0 Å². The summed E-state index contributed by atoms with van der Waals surface area (Å²) >= 11 is 0. The molecular weight excluding hydrogens is 338 g/mol. The van der Waals surface area contributed by atoms with E-state index in [1.54, 1.807) is 18.2 Å². The first kappa shape index (κ1) is 21.3. The molecule has 1 aromatic heterocycles. The minimum absolute atomic E-state index is 0. The fourth-order valence-corrected chi connectivity index (χ4v) is 3.15. The molecule has 25 heavy (non-hydrogen) atoms. The topological polar surface area (TPSA) is 62.5 Å². The Bertz CT molecular complexity index is 714. The van der Waals surface area contributed by atoms with Crippen LogP contribution in [0.4, 0.5) is 0 Å². The van der Waals surface area contributed by atoms with E-state index in [1.165, 1.54) is 0 Å². The van der Waals surface area contributed by atoms with E-state index in [4.69, 9.17) is 9.52 Å². The van der Waals surface area contributed by atoms with Crippen LogP contribution in [0.3, 0.4) is 0 Å². The molecule has 4 nitrogen and oxygen atoms in total. The molecule has 0 aliphatic carbocycles. The Kier molecular flexibility index (Phi) is 6.86. The summed E-state index contributed by atoms with van der Waals surface area (Å²) in [6.45, 7) is 11.7. The first-order valence-corrected chi connectivity index (χ1v) is 8.23. The number of benzene rings is 1. The van der Waals surface area contributed by atoms with Gasteiger partial charge in [-0.1, -0.05) is 32.9 Å². The Morgan fingerprint density at radius 3 is 2.40 bits per heavy atom. The molecule has 5 heteroatoms. The number of rotatable bonds is 6. The highest BCUT2D eigenvalue weighted by atomic mass is 35.5. The molecule has 1 aromatic carbocycles. The van der Waals surface area contributed by atoms with Gasteiger partial charge in [-0.25, -0.2) is 4.79 Å². The molecular formula is C20H28ClNO3. The van der Waals surface area contributed by atoms with Gasteiger partial charge in [-0.15, -0.1) is 12.4 Å². The Morgan fingerprint density at radius 1 is 1.12 bits per heavy atom. The second-order valence-electron chi connectivity index (χ2n) is 8.13. The fraction of sp³-hybridized carbons (Fsp3) is 0.450. The molecule has 0 aliphatic heterocycles. The van der Waals surface area contributed by atoms with Crippen molar-refractivity contribution in [2.45, 2.75) is 53.1 Å². The quantitative estimate of drug-likeness (QED) is 0.722. The zero-order valence-electron chi connectivity index (χ0n) is 15.6. The van der Waals surface area contributed by atoms with Gasteiger partial charge in [0.2, 0.25) is 0 Å².